The Morgan fingerprint density at radius 3 is 2.72 bits per heavy atom. The number of fused-ring (bicyclic) bond motifs is 1. The molecule has 1 N–H and O–H groups in total. The minimum absolute atomic E-state index is 0.0574. The number of likely N-dealkylation sites (N-methyl/N-ethyl adjacent to an activating group) is 1. The molecule has 3 aromatic heterocycles. The fraction of sp³-hybridized carbons (Fsp3) is 0.474. The number of piperazine rings is 1. The fourth-order valence-electron chi connectivity index (χ4n) is 3.75. The summed E-state index contributed by atoms with van der Waals surface area (Å²) < 4.78 is 53.2. The molecule has 172 valence electrons. The van der Waals surface area contributed by atoms with E-state index in [1.807, 2.05) is 7.05 Å². The Morgan fingerprint density at radius 1 is 1.22 bits per heavy atom. The zero-order valence-corrected chi connectivity index (χ0v) is 18.7. The van der Waals surface area contributed by atoms with E-state index < -0.39 is 16.4 Å². The quantitative estimate of drug-likeness (QED) is 0.577. The van der Waals surface area contributed by atoms with E-state index in [1.54, 1.807) is 6.07 Å². The lowest BCUT2D eigenvalue weighted by Crippen LogP contribution is -2.59. The van der Waals surface area contributed by atoms with Crippen LogP contribution in [0.2, 0.25) is 0 Å². The summed E-state index contributed by atoms with van der Waals surface area (Å²) in [6, 6.07) is 4.59. The molecule has 1 fully saturated rings. The molecule has 2 unspecified atom stereocenters. The van der Waals surface area contributed by atoms with Gasteiger partial charge >= 0.3 is 0 Å². The monoisotopic (exact) mass is 466 g/mol. The summed E-state index contributed by atoms with van der Waals surface area (Å²) in [5, 5.41) is 3.99. The van der Waals surface area contributed by atoms with Gasteiger partial charge in [-0.1, -0.05) is 0 Å². The molecule has 0 amide bonds. The highest BCUT2D eigenvalue weighted by atomic mass is 32.2. The first-order valence-corrected chi connectivity index (χ1v) is 11.9. The zero-order chi connectivity index (χ0) is 23.0. The van der Waals surface area contributed by atoms with Crippen LogP contribution in [0.15, 0.2) is 30.7 Å². The molecule has 13 heteroatoms. The first-order chi connectivity index (χ1) is 15.1. The molecule has 4 rings (SSSR count). The van der Waals surface area contributed by atoms with Gasteiger partial charge in [-0.3, -0.25) is 4.90 Å². The summed E-state index contributed by atoms with van der Waals surface area (Å²) in [5.74, 6) is 0.652. The second-order valence-electron chi connectivity index (χ2n) is 7.93. The lowest BCUT2D eigenvalue weighted by Gasteiger charge is -2.44. The third kappa shape index (κ3) is 4.69. The summed E-state index contributed by atoms with van der Waals surface area (Å²) >= 11 is 0. The van der Waals surface area contributed by atoms with Gasteiger partial charge in [0.2, 0.25) is 10.0 Å². The average molecular weight is 467 g/mol. The van der Waals surface area contributed by atoms with Gasteiger partial charge in [0.05, 0.1) is 18.1 Å². The van der Waals surface area contributed by atoms with Crippen LogP contribution >= 0.6 is 0 Å². The van der Waals surface area contributed by atoms with Crippen molar-refractivity contribution in [1.82, 2.24) is 34.2 Å². The van der Waals surface area contributed by atoms with Crippen molar-refractivity contribution in [3.05, 3.63) is 36.4 Å². The third-order valence-corrected chi connectivity index (χ3v) is 6.30. The van der Waals surface area contributed by atoms with E-state index in [9.17, 15) is 17.2 Å². The van der Waals surface area contributed by atoms with Crippen molar-refractivity contribution in [1.29, 1.82) is 0 Å². The van der Waals surface area contributed by atoms with Crippen molar-refractivity contribution in [3.8, 4) is 11.4 Å². The molecule has 10 nitrogen and oxygen atoms in total. The molecular weight excluding hydrogens is 442 g/mol. The molecule has 0 spiro atoms. The smallest absolute Gasteiger partial charge is 0.282 e. The van der Waals surface area contributed by atoms with Crippen molar-refractivity contribution in [2.45, 2.75) is 25.4 Å². The Hall–Kier alpha value is -2.77. The predicted molar refractivity (Wildman–Crippen MR) is 115 cm³/mol. The van der Waals surface area contributed by atoms with Crippen LogP contribution in [0.3, 0.4) is 0 Å². The molecule has 4 heterocycles. The average Bonchev–Trinajstić information content (AvgIpc) is 3.17. The molecule has 1 aliphatic rings. The molecule has 1 saturated heterocycles. The largest absolute Gasteiger partial charge is 0.353 e. The van der Waals surface area contributed by atoms with E-state index in [1.165, 1.54) is 29.2 Å². The number of alkyl halides is 2. The van der Waals surface area contributed by atoms with Crippen molar-refractivity contribution >= 4 is 21.5 Å². The van der Waals surface area contributed by atoms with Gasteiger partial charge < -0.3 is 4.90 Å². The molecule has 0 bridgehead atoms. The Morgan fingerprint density at radius 2 is 2.00 bits per heavy atom. The SMILES string of the molecule is CC1CN(c2cc(-c3cnc4ccc(C(F)F)nn34)ncn2)CC(CNS(C)(=O)=O)N1C. The number of nitrogens with one attached hydrogen (secondary N) is 1. The van der Waals surface area contributed by atoms with Crippen LogP contribution in [0.25, 0.3) is 17.0 Å². The van der Waals surface area contributed by atoms with Gasteiger partial charge in [0.1, 0.15) is 23.5 Å². The van der Waals surface area contributed by atoms with Gasteiger partial charge in [-0.2, -0.15) is 5.10 Å². The number of rotatable bonds is 6. The second kappa shape index (κ2) is 8.64. The second-order valence-corrected chi connectivity index (χ2v) is 9.76. The van der Waals surface area contributed by atoms with E-state index in [2.05, 4.69) is 41.5 Å². The Bertz CT molecular complexity index is 1220. The number of imidazole rings is 1. The summed E-state index contributed by atoms with van der Waals surface area (Å²) in [7, 11) is -1.34. The Balaban J connectivity index is 1.63. The summed E-state index contributed by atoms with van der Waals surface area (Å²) in [6.45, 7) is 3.58. The van der Waals surface area contributed by atoms with E-state index in [4.69, 9.17) is 0 Å². The lowest BCUT2D eigenvalue weighted by molar-refractivity contribution is 0.144. The van der Waals surface area contributed by atoms with Crippen molar-refractivity contribution in [2.24, 2.45) is 0 Å². The van der Waals surface area contributed by atoms with Gasteiger partial charge in [0.15, 0.2) is 5.65 Å². The van der Waals surface area contributed by atoms with Crippen LogP contribution in [0.5, 0.6) is 0 Å². The van der Waals surface area contributed by atoms with Gasteiger partial charge in [-0.25, -0.2) is 41.4 Å². The molecule has 3 aromatic rings. The Kier molecular flexibility index (Phi) is 6.05. The molecule has 1 aliphatic heterocycles. The van der Waals surface area contributed by atoms with Crippen molar-refractivity contribution < 1.29 is 17.2 Å². The number of anilines is 1. The molecule has 32 heavy (non-hydrogen) atoms. The minimum Gasteiger partial charge on any atom is -0.353 e. The molecule has 0 saturated carbocycles. The van der Waals surface area contributed by atoms with Gasteiger partial charge in [-0.05, 0) is 26.1 Å². The number of hydrogen-bond acceptors (Lipinski definition) is 8. The highest BCUT2D eigenvalue weighted by Gasteiger charge is 2.31. The number of aromatic nitrogens is 5. The topological polar surface area (TPSA) is 109 Å². The van der Waals surface area contributed by atoms with Crippen molar-refractivity contribution in [2.75, 3.05) is 37.8 Å². The zero-order valence-electron chi connectivity index (χ0n) is 17.9. The standard InChI is InChI=1S/C19H24F2N8O2S/c1-12-9-28(10-13(27(12)2)7-25-32(3,30)31)18-6-15(23-11-24-18)16-8-22-17-5-4-14(19(20)21)26-29(16)17/h4-6,8,11-13,19,25H,7,9-10H2,1-3H3. The fourth-order valence-corrected chi connectivity index (χ4v) is 4.24. The normalized spacial score (nSPS) is 20.4. The van der Waals surface area contributed by atoms with Gasteiger partial charge in [0, 0.05) is 37.8 Å². The van der Waals surface area contributed by atoms with Crippen LogP contribution in [-0.2, 0) is 10.0 Å². The highest BCUT2D eigenvalue weighted by molar-refractivity contribution is 7.88. The van der Waals surface area contributed by atoms with E-state index in [-0.39, 0.29) is 24.3 Å². The van der Waals surface area contributed by atoms with Gasteiger partial charge in [0.25, 0.3) is 6.43 Å². The van der Waals surface area contributed by atoms with Crippen LogP contribution < -0.4 is 9.62 Å². The van der Waals surface area contributed by atoms with Crippen LogP contribution in [0, 0.1) is 0 Å². The maximum atomic E-state index is 13.1. The maximum Gasteiger partial charge on any atom is 0.282 e. The minimum atomic E-state index is -3.30. The molecule has 0 aromatic carbocycles. The molecular formula is C19H24F2N8O2S. The predicted octanol–water partition coefficient (Wildman–Crippen LogP) is 1.18. The summed E-state index contributed by atoms with van der Waals surface area (Å²) in [6.07, 6.45) is 1.39. The number of sulfonamides is 1. The van der Waals surface area contributed by atoms with Crippen molar-refractivity contribution in [3.63, 3.8) is 0 Å². The number of nitrogens with zero attached hydrogens (tertiary/aromatic N) is 7. The molecule has 0 aliphatic carbocycles. The van der Waals surface area contributed by atoms with Crippen LogP contribution in [0.1, 0.15) is 19.0 Å². The third-order valence-electron chi connectivity index (χ3n) is 5.61. The summed E-state index contributed by atoms with van der Waals surface area (Å²) in [5.41, 5.74) is 1.06. The van der Waals surface area contributed by atoms with Crippen LogP contribution in [0.4, 0.5) is 14.6 Å². The number of halogens is 2. The van der Waals surface area contributed by atoms with Gasteiger partial charge in [-0.15, -0.1) is 0 Å². The Labute approximate surface area is 184 Å². The first-order valence-electron chi connectivity index (χ1n) is 9.99. The van der Waals surface area contributed by atoms with Crippen LogP contribution in [-0.4, -0.2) is 82.9 Å². The first kappa shape index (κ1) is 22.4. The van der Waals surface area contributed by atoms with E-state index in [0.29, 0.717) is 35.9 Å². The van der Waals surface area contributed by atoms with E-state index >= 15 is 0 Å². The lowest BCUT2D eigenvalue weighted by atomic mass is 10.1. The molecule has 2 atom stereocenters. The molecule has 0 radical (unpaired) electrons. The van der Waals surface area contributed by atoms with E-state index in [0.717, 1.165) is 6.26 Å². The summed E-state index contributed by atoms with van der Waals surface area (Å²) in [4.78, 5) is 17.1. The highest BCUT2D eigenvalue weighted by Crippen LogP contribution is 2.25. The maximum absolute atomic E-state index is 13.1. The number of hydrogen-bond donors (Lipinski definition) is 1.